The van der Waals surface area contributed by atoms with E-state index in [0.29, 0.717) is 21.8 Å². The number of nitrogens with zero attached hydrogens (tertiary/aromatic N) is 1. The molecule has 2 aromatic rings. The minimum atomic E-state index is -0.317. The van der Waals surface area contributed by atoms with E-state index in [1.54, 1.807) is 0 Å². The highest BCUT2D eigenvalue weighted by Crippen LogP contribution is 2.33. The van der Waals surface area contributed by atoms with E-state index < -0.39 is 0 Å². The smallest absolute Gasteiger partial charge is 0.258 e. The summed E-state index contributed by atoms with van der Waals surface area (Å²) < 4.78 is 0. The van der Waals surface area contributed by atoms with Gasteiger partial charge in [-0.25, -0.2) is 0 Å². The molecule has 98 valence electrons. The quantitative estimate of drug-likeness (QED) is 0.420. The van der Waals surface area contributed by atoms with Crippen molar-refractivity contribution in [2.45, 2.75) is 10.7 Å². The summed E-state index contributed by atoms with van der Waals surface area (Å²) in [6.45, 7) is 0. The predicted molar refractivity (Wildman–Crippen MR) is 83.8 cm³/mol. The van der Waals surface area contributed by atoms with Crippen molar-refractivity contribution < 1.29 is 4.92 Å². The molecule has 0 amide bonds. The number of hydrogen-bond donors (Lipinski definition) is 0. The van der Waals surface area contributed by atoms with Crippen LogP contribution in [0, 0.1) is 10.1 Å². The van der Waals surface area contributed by atoms with Crippen LogP contribution in [0.2, 0.25) is 0 Å². The zero-order valence-electron chi connectivity index (χ0n) is 9.98. The minimum Gasteiger partial charge on any atom is -0.258 e. The first-order valence-electron chi connectivity index (χ1n) is 5.65. The van der Waals surface area contributed by atoms with Crippen LogP contribution in [0.15, 0.2) is 42.5 Å². The molecule has 19 heavy (non-hydrogen) atoms. The lowest BCUT2D eigenvalue weighted by atomic mass is 9.99. The van der Waals surface area contributed by atoms with Gasteiger partial charge in [0.2, 0.25) is 0 Å². The van der Waals surface area contributed by atoms with Crippen molar-refractivity contribution >= 4 is 37.5 Å². The summed E-state index contributed by atoms with van der Waals surface area (Å²) in [5, 5.41) is 12.1. The molecule has 0 aliphatic rings. The summed E-state index contributed by atoms with van der Waals surface area (Å²) in [7, 11) is 0. The Balaban J connectivity index is 2.63. The van der Waals surface area contributed by atoms with Gasteiger partial charge in [0.05, 0.1) is 4.92 Å². The molecule has 2 rings (SSSR count). The number of halogens is 2. The molecule has 0 heterocycles. The third-order valence-corrected chi connectivity index (χ3v) is 4.05. The van der Waals surface area contributed by atoms with Gasteiger partial charge < -0.3 is 0 Å². The lowest BCUT2D eigenvalue weighted by Gasteiger charge is -2.09. The van der Waals surface area contributed by atoms with E-state index in [-0.39, 0.29) is 10.6 Å². The molecule has 0 saturated heterocycles. The maximum Gasteiger partial charge on any atom is 0.277 e. The maximum absolute atomic E-state index is 11.2. The lowest BCUT2D eigenvalue weighted by molar-refractivity contribution is -0.386. The normalized spacial score (nSPS) is 10.4. The van der Waals surface area contributed by atoms with Gasteiger partial charge in [0.25, 0.3) is 5.69 Å². The van der Waals surface area contributed by atoms with E-state index in [1.165, 1.54) is 0 Å². The fourth-order valence-corrected chi connectivity index (χ4v) is 2.85. The molecule has 0 aromatic heterocycles. The predicted octanol–water partition coefficient (Wildman–Crippen LogP) is 5.05. The van der Waals surface area contributed by atoms with Crippen LogP contribution in [-0.4, -0.2) is 4.92 Å². The first-order chi connectivity index (χ1) is 9.17. The second-order valence-electron chi connectivity index (χ2n) is 4.03. The van der Waals surface area contributed by atoms with Crippen LogP contribution in [0.4, 0.5) is 5.69 Å². The van der Waals surface area contributed by atoms with Crippen molar-refractivity contribution in [3.05, 3.63) is 63.7 Å². The molecule has 2 aromatic carbocycles. The SMILES string of the molecule is O=[N+]([O-])c1c(CBr)cc(-c2ccccc2)cc1CBr. The van der Waals surface area contributed by atoms with Gasteiger partial charge in [0.15, 0.2) is 0 Å². The molecular weight excluding hydrogens is 374 g/mol. The maximum atomic E-state index is 11.2. The molecule has 0 aliphatic carbocycles. The van der Waals surface area contributed by atoms with Gasteiger partial charge in [-0.2, -0.15) is 0 Å². The van der Waals surface area contributed by atoms with Crippen LogP contribution in [-0.2, 0) is 10.7 Å². The molecule has 0 aliphatic heterocycles. The van der Waals surface area contributed by atoms with Crippen LogP contribution in [0.3, 0.4) is 0 Å². The average molecular weight is 385 g/mol. The molecular formula is C14H11Br2NO2. The molecule has 0 radical (unpaired) electrons. The Bertz CT molecular complexity index is 575. The third kappa shape index (κ3) is 3.04. The molecule has 5 heteroatoms. The number of nitro groups is 1. The minimum absolute atomic E-state index is 0.188. The molecule has 0 N–H and O–H groups in total. The first-order valence-corrected chi connectivity index (χ1v) is 7.89. The van der Waals surface area contributed by atoms with E-state index in [4.69, 9.17) is 0 Å². The van der Waals surface area contributed by atoms with Crippen molar-refractivity contribution in [2.75, 3.05) is 0 Å². The van der Waals surface area contributed by atoms with E-state index in [0.717, 1.165) is 11.1 Å². The first kappa shape index (κ1) is 14.2. The van der Waals surface area contributed by atoms with Crippen LogP contribution in [0.5, 0.6) is 0 Å². The summed E-state index contributed by atoms with van der Waals surface area (Å²) >= 11 is 6.65. The molecule has 0 fully saturated rings. The highest BCUT2D eigenvalue weighted by Gasteiger charge is 2.20. The Labute approximate surface area is 128 Å². The highest BCUT2D eigenvalue weighted by molar-refractivity contribution is 9.08. The van der Waals surface area contributed by atoms with Gasteiger partial charge in [-0.3, -0.25) is 10.1 Å². The monoisotopic (exact) mass is 383 g/mol. The van der Waals surface area contributed by atoms with E-state index in [2.05, 4.69) is 31.9 Å². The number of alkyl halides is 2. The number of rotatable bonds is 4. The third-order valence-electron chi connectivity index (χ3n) is 2.85. The van der Waals surface area contributed by atoms with Crippen LogP contribution < -0.4 is 0 Å². The fraction of sp³-hybridized carbons (Fsp3) is 0.143. The van der Waals surface area contributed by atoms with E-state index >= 15 is 0 Å². The Morgan fingerprint density at radius 3 is 1.89 bits per heavy atom. The van der Waals surface area contributed by atoms with Gasteiger partial charge in [-0.05, 0) is 23.3 Å². The second kappa shape index (κ2) is 6.30. The highest BCUT2D eigenvalue weighted by atomic mass is 79.9. The van der Waals surface area contributed by atoms with Crippen LogP contribution in [0.25, 0.3) is 11.1 Å². The number of nitro benzene ring substituents is 1. The Hall–Kier alpha value is -1.20. The van der Waals surface area contributed by atoms with Crippen molar-refractivity contribution in [1.29, 1.82) is 0 Å². The Morgan fingerprint density at radius 1 is 0.947 bits per heavy atom. The van der Waals surface area contributed by atoms with Crippen molar-refractivity contribution in [3.8, 4) is 11.1 Å². The topological polar surface area (TPSA) is 43.1 Å². The van der Waals surface area contributed by atoms with Crippen LogP contribution in [0.1, 0.15) is 11.1 Å². The standard InChI is InChI=1S/C14H11Br2NO2/c15-8-12-6-11(10-4-2-1-3-5-10)7-13(9-16)14(12)17(18)19/h1-7H,8-9H2. The largest absolute Gasteiger partial charge is 0.277 e. The molecule has 0 unspecified atom stereocenters. The number of benzene rings is 2. The van der Waals surface area contributed by atoms with Gasteiger partial charge in [0, 0.05) is 21.8 Å². The Kier molecular flexibility index (Phi) is 4.71. The van der Waals surface area contributed by atoms with Crippen molar-refractivity contribution in [3.63, 3.8) is 0 Å². The van der Waals surface area contributed by atoms with E-state index in [9.17, 15) is 10.1 Å². The molecule has 0 atom stereocenters. The van der Waals surface area contributed by atoms with Gasteiger partial charge in [0.1, 0.15) is 0 Å². The van der Waals surface area contributed by atoms with Gasteiger partial charge in [-0.15, -0.1) is 0 Å². The summed E-state index contributed by atoms with van der Waals surface area (Å²) in [6.07, 6.45) is 0. The molecule has 3 nitrogen and oxygen atoms in total. The Morgan fingerprint density at radius 2 is 1.47 bits per heavy atom. The summed E-state index contributed by atoms with van der Waals surface area (Å²) in [6, 6.07) is 13.6. The summed E-state index contributed by atoms with van der Waals surface area (Å²) in [4.78, 5) is 10.9. The second-order valence-corrected chi connectivity index (χ2v) is 5.15. The summed E-state index contributed by atoms with van der Waals surface area (Å²) in [5.74, 6) is 0. The molecule has 0 saturated carbocycles. The molecule has 0 bridgehead atoms. The van der Waals surface area contributed by atoms with Crippen molar-refractivity contribution in [2.24, 2.45) is 0 Å². The van der Waals surface area contributed by atoms with Gasteiger partial charge >= 0.3 is 0 Å². The van der Waals surface area contributed by atoms with Crippen molar-refractivity contribution in [1.82, 2.24) is 0 Å². The van der Waals surface area contributed by atoms with E-state index in [1.807, 2.05) is 42.5 Å². The lowest BCUT2D eigenvalue weighted by Crippen LogP contribution is -1.99. The van der Waals surface area contributed by atoms with Gasteiger partial charge in [-0.1, -0.05) is 62.2 Å². The summed E-state index contributed by atoms with van der Waals surface area (Å²) in [5.41, 5.74) is 3.63. The molecule has 0 spiro atoms. The average Bonchev–Trinajstić information content (AvgIpc) is 2.46. The van der Waals surface area contributed by atoms with Crippen LogP contribution >= 0.6 is 31.9 Å². The zero-order chi connectivity index (χ0) is 13.8. The fourth-order valence-electron chi connectivity index (χ4n) is 2.00. The number of hydrogen-bond acceptors (Lipinski definition) is 2. The zero-order valence-corrected chi connectivity index (χ0v) is 13.1.